The number of carbonyl (C=O) groups is 1. The maximum absolute atomic E-state index is 13.4. The van der Waals surface area contributed by atoms with E-state index in [0.717, 1.165) is 22.6 Å². The van der Waals surface area contributed by atoms with E-state index in [1.54, 1.807) is 24.2 Å². The van der Waals surface area contributed by atoms with Crippen LogP contribution >= 0.6 is 0 Å². The Morgan fingerprint density at radius 2 is 1.73 bits per heavy atom. The lowest BCUT2D eigenvalue weighted by atomic mass is 9.94. The van der Waals surface area contributed by atoms with Gasteiger partial charge < -0.3 is 4.74 Å². The second kappa shape index (κ2) is 10.5. The van der Waals surface area contributed by atoms with Crippen molar-refractivity contribution in [3.05, 3.63) is 95.8 Å². The molecule has 1 saturated heterocycles. The molecule has 1 heterocycles. The highest BCUT2D eigenvalue weighted by Crippen LogP contribution is 2.42. The van der Waals surface area contributed by atoms with Crippen LogP contribution in [-0.4, -0.2) is 31.2 Å². The third kappa shape index (κ3) is 5.50. The predicted molar refractivity (Wildman–Crippen MR) is 123 cm³/mol. The van der Waals surface area contributed by atoms with Gasteiger partial charge in [0, 0.05) is 13.5 Å². The van der Waals surface area contributed by atoms with Crippen LogP contribution < -0.4 is 9.80 Å². The second-order valence-electron chi connectivity index (χ2n) is 7.85. The molecule has 3 aromatic rings. The molecule has 0 N–H and O–H groups in total. The lowest BCUT2D eigenvalue weighted by Gasteiger charge is -2.48. The quantitative estimate of drug-likeness (QED) is 0.426. The number of ether oxygens (including phenoxy) is 1. The van der Waals surface area contributed by atoms with E-state index in [4.69, 9.17) is 14.4 Å². The van der Waals surface area contributed by atoms with E-state index in [-0.39, 0.29) is 23.9 Å². The van der Waals surface area contributed by atoms with Gasteiger partial charge in [-0.25, -0.2) is 14.5 Å². The van der Waals surface area contributed by atoms with Crippen LogP contribution in [0, 0.1) is 5.82 Å². The van der Waals surface area contributed by atoms with E-state index >= 15 is 0 Å². The van der Waals surface area contributed by atoms with Gasteiger partial charge in [-0.15, -0.1) is 0 Å². The maximum Gasteiger partial charge on any atom is 0.245 e. The Kier molecular flexibility index (Phi) is 7.22. The summed E-state index contributed by atoms with van der Waals surface area (Å²) < 4.78 is 19.3. The minimum absolute atomic E-state index is 0.112. The summed E-state index contributed by atoms with van der Waals surface area (Å²) in [7, 11) is 3.04. The van der Waals surface area contributed by atoms with E-state index < -0.39 is 0 Å². The second-order valence-corrected chi connectivity index (χ2v) is 7.85. The molecule has 33 heavy (non-hydrogen) atoms. The minimum Gasteiger partial charge on any atom is -0.489 e. The van der Waals surface area contributed by atoms with Crippen molar-refractivity contribution in [2.45, 2.75) is 31.6 Å². The number of anilines is 1. The lowest BCUT2D eigenvalue weighted by molar-refractivity contribution is -0.171. The number of rotatable bonds is 9. The summed E-state index contributed by atoms with van der Waals surface area (Å²) in [5.41, 5.74) is 2.87. The van der Waals surface area contributed by atoms with Gasteiger partial charge in [0.05, 0.1) is 12.8 Å². The smallest absolute Gasteiger partial charge is 0.245 e. The van der Waals surface area contributed by atoms with Gasteiger partial charge in [0.25, 0.3) is 0 Å². The molecule has 7 heteroatoms. The fraction of sp³-hybridized carbons (Fsp3) is 0.269. The molecule has 1 aliphatic rings. The van der Waals surface area contributed by atoms with Crippen LogP contribution in [0.2, 0.25) is 0 Å². The lowest BCUT2D eigenvalue weighted by Crippen LogP contribution is -2.52. The molecule has 0 spiro atoms. The summed E-state index contributed by atoms with van der Waals surface area (Å²) >= 11 is 0. The monoisotopic (exact) mass is 450 g/mol. The Bertz CT molecular complexity index is 1040. The standard InChI is InChI=1S/C26H27FN2O4/c1-28(31-2)25(30)17-16-24-26(29(33-24)22-12-10-21(27)11-13-22)20-8-14-23(15-9-20)32-18-19-6-4-3-5-7-19/h3-15,24,26H,16-18H2,1-2H3/t24-,26+/m1/s1. The Balaban J connectivity index is 1.46. The van der Waals surface area contributed by atoms with Gasteiger partial charge in [-0.05, 0) is 53.9 Å². The van der Waals surface area contributed by atoms with E-state index in [0.29, 0.717) is 19.4 Å². The largest absolute Gasteiger partial charge is 0.489 e. The molecular weight excluding hydrogens is 423 g/mol. The number of hydrogen-bond donors (Lipinski definition) is 0. The Hall–Kier alpha value is -3.42. The van der Waals surface area contributed by atoms with Gasteiger partial charge in [0.15, 0.2) is 0 Å². The highest BCUT2D eigenvalue weighted by Gasteiger charge is 2.42. The van der Waals surface area contributed by atoms with Gasteiger partial charge in [-0.1, -0.05) is 42.5 Å². The topological polar surface area (TPSA) is 51.2 Å². The molecule has 1 fully saturated rings. The van der Waals surface area contributed by atoms with Crippen molar-refractivity contribution in [1.82, 2.24) is 5.06 Å². The number of hydrogen-bond acceptors (Lipinski definition) is 5. The summed E-state index contributed by atoms with van der Waals surface area (Å²) in [6.07, 6.45) is 0.627. The summed E-state index contributed by atoms with van der Waals surface area (Å²) in [5.74, 6) is 0.342. The van der Waals surface area contributed by atoms with Crippen molar-refractivity contribution >= 4 is 11.6 Å². The summed E-state index contributed by atoms with van der Waals surface area (Å²) in [4.78, 5) is 23.1. The van der Waals surface area contributed by atoms with Crippen LogP contribution in [0.15, 0.2) is 78.9 Å². The zero-order valence-electron chi connectivity index (χ0n) is 18.7. The van der Waals surface area contributed by atoms with Crippen LogP contribution in [0.25, 0.3) is 0 Å². The molecule has 1 amide bonds. The van der Waals surface area contributed by atoms with E-state index in [2.05, 4.69) is 0 Å². The fourth-order valence-electron chi connectivity index (χ4n) is 3.76. The number of halogens is 1. The number of carbonyl (C=O) groups excluding carboxylic acids is 1. The predicted octanol–water partition coefficient (Wildman–Crippen LogP) is 5.07. The fourth-order valence-corrected chi connectivity index (χ4v) is 3.76. The summed E-state index contributed by atoms with van der Waals surface area (Å²) in [6.45, 7) is 0.492. The van der Waals surface area contributed by atoms with Crippen LogP contribution in [0.4, 0.5) is 10.1 Å². The van der Waals surface area contributed by atoms with Gasteiger partial charge in [-0.3, -0.25) is 14.5 Å². The van der Waals surface area contributed by atoms with Gasteiger partial charge in [0.1, 0.15) is 30.3 Å². The van der Waals surface area contributed by atoms with E-state index in [9.17, 15) is 9.18 Å². The summed E-state index contributed by atoms with van der Waals surface area (Å²) in [5, 5.41) is 2.97. The molecule has 4 rings (SSSR count). The first-order valence-electron chi connectivity index (χ1n) is 10.8. The molecule has 1 aliphatic heterocycles. The summed E-state index contributed by atoms with van der Waals surface area (Å²) in [6, 6.07) is 23.9. The zero-order valence-corrected chi connectivity index (χ0v) is 18.7. The number of hydroxylamine groups is 3. The first kappa shape index (κ1) is 22.8. The van der Waals surface area contributed by atoms with Crippen LogP contribution in [0.1, 0.15) is 30.0 Å². The highest BCUT2D eigenvalue weighted by molar-refractivity contribution is 5.74. The highest BCUT2D eigenvalue weighted by atomic mass is 19.1. The molecular formula is C26H27FN2O4. The van der Waals surface area contributed by atoms with Crippen molar-refractivity contribution in [3.63, 3.8) is 0 Å². The molecule has 0 aromatic heterocycles. The first-order chi connectivity index (χ1) is 16.0. The normalized spacial score (nSPS) is 17.4. The van der Waals surface area contributed by atoms with Gasteiger partial charge in [-0.2, -0.15) is 0 Å². The Morgan fingerprint density at radius 3 is 2.39 bits per heavy atom. The van der Waals surface area contributed by atoms with Crippen molar-refractivity contribution < 1.29 is 23.6 Å². The molecule has 2 atom stereocenters. The molecule has 0 bridgehead atoms. The third-order valence-corrected chi connectivity index (χ3v) is 5.67. The minimum atomic E-state index is -0.305. The Morgan fingerprint density at radius 1 is 1.03 bits per heavy atom. The molecule has 0 radical (unpaired) electrons. The molecule has 0 saturated carbocycles. The van der Waals surface area contributed by atoms with Crippen LogP contribution in [-0.2, 0) is 21.1 Å². The van der Waals surface area contributed by atoms with Crippen molar-refractivity contribution in [2.75, 3.05) is 19.2 Å². The zero-order chi connectivity index (χ0) is 23.2. The van der Waals surface area contributed by atoms with Gasteiger partial charge >= 0.3 is 0 Å². The SMILES string of the molecule is CON(C)C(=O)CC[C@H]1ON(c2ccc(F)cc2)[C@H]1c1ccc(OCc2ccccc2)cc1. The van der Waals surface area contributed by atoms with Crippen molar-refractivity contribution in [1.29, 1.82) is 0 Å². The molecule has 172 valence electrons. The van der Waals surface area contributed by atoms with E-state index in [1.807, 2.05) is 54.6 Å². The molecule has 0 unspecified atom stereocenters. The van der Waals surface area contributed by atoms with Crippen molar-refractivity contribution in [3.8, 4) is 5.75 Å². The number of amides is 1. The molecule has 6 nitrogen and oxygen atoms in total. The molecule has 3 aromatic carbocycles. The first-order valence-corrected chi connectivity index (χ1v) is 10.8. The van der Waals surface area contributed by atoms with Crippen molar-refractivity contribution in [2.24, 2.45) is 0 Å². The van der Waals surface area contributed by atoms with E-state index in [1.165, 1.54) is 24.3 Å². The maximum atomic E-state index is 13.4. The Labute approximate surface area is 193 Å². The number of nitrogens with zero attached hydrogens (tertiary/aromatic N) is 2. The van der Waals surface area contributed by atoms with Gasteiger partial charge in [0.2, 0.25) is 5.91 Å². The molecule has 0 aliphatic carbocycles. The van der Waals surface area contributed by atoms with Crippen LogP contribution in [0.5, 0.6) is 5.75 Å². The average molecular weight is 451 g/mol. The average Bonchev–Trinajstić information content (AvgIpc) is 2.84. The van der Waals surface area contributed by atoms with Crippen LogP contribution in [0.3, 0.4) is 0 Å². The third-order valence-electron chi connectivity index (χ3n) is 5.67. The number of benzene rings is 3.